The maximum absolute atomic E-state index is 13.4. The summed E-state index contributed by atoms with van der Waals surface area (Å²) in [5.41, 5.74) is 6.38. The summed E-state index contributed by atoms with van der Waals surface area (Å²) in [4.78, 5) is 63.1. The number of alkyl carbamates (subject to hydrolysis) is 1. The van der Waals surface area contributed by atoms with Crippen molar-refractivity contribution in [2.45, 2.75) is 83.1 Å². The summed E-state index contributed by atoms with van der Waals surface area (Å²) in [6.07, 6.45) is -10.2. The number of aliphatic hydroxyl groups is 1. The van der Waals surface area contributed by atoms with Gasteiger partial charge in [0.25, 0.3) is 0 Å². The van der Waals surface area contributed by atoms with Crippen molar-refractivity contribution in [1.29, 1.82) is 0 Å². The van der Waals surface area contributed by atoms with Gasteiger partial charge in [-0.25, -0.2) is 4.79 Å². The van der Waals surface area contributed by atoms with E-state index in [1.54, 1.807) is 74.5 Å². The van der Waals surface area contributed by atoms with Crippen molar-refractivity contribution in [2.24, 2.45) is 11.7 Å². The van der Waals surface area contributed by atoms with Gasteiger partial charge in [0.15, 0.2) is 6.10 Å². The van der Waals surface area contributed by atoms with Gasteiger partial charge in [-0.2, -0.15) is 13.2 Å². The zero-order valence-electron chi connectivity index (χ0n) is 25.7. The maximum atomic E-state index is 13.4. The maximum Gasteiger partial charge on any atom is 0.416 e. The quantitative estimate of drug-likeness (QED) is 0.160. The highest BCUT2D eigenvalue weighted by Crippen LogP contribution is 2.24. The van der Waals surface area contributed by atoms with E-state index in [4.69, 9.17) is 10.5 Å². The molecule has 2 aromatic carbocycles. The summed E-state index contributed by atoms with van der Waals surface area (Å²) < 4.78 is 44.8. The number of nitrogens with one attached hydrogen (secondary N) is 4. The van der Waals surface area contributed by atoms with Gasteiger partial charge in [-0.1, -0.05) is 74.5 Å². The van der Waals surface area contributed by atoms with E-state index >= 15 is 0 Å². The first-order valence-corrected chi connectivity index (χ1v) is 14.5. The summed E-state index contributed by atoms with van der Waals surface area (Å²) in [5, 5.41) is 19.2. The van der Waals surface area contributed by atoms with Crippen molar-refractivity contribution in [1.82, 2.24) is 21.3 Å². The second-order valence-corrected chi connectivity index (χ2v) is 11.0. The van der Waals surface area contributed by atoms with Crippen LogP contribution in [0.2, 0.25) is 0 Å². The number of hydrogen-bond acceptors (Lipinski definition) is 7. The number of aliphatic hydroxyl groups excluding tert-OH is 1. The van der Waals surface area contributed by atoms with Gasteiger partial charge in [-0.05, 0) is 30.4 Å². The molecule has 7 N–H and O–H groups in total. The lowest BCUT2D eigenvalue weighted by Crippen LogP contribution is -2.59. The smallest absolute Gasteiger partial charge is 0.416 e. The molecule has 12 nitrogen and oxygen atoms in total. The lowest BCUT2D eigenvalue weighted by Gasteiger charge is -2.28. The van der Waals surface area contributed by atoms with Crippen molar-refractivity contribution in [3.05, 3.63) is 71.8 Å². The summed E-state index contributed by atoms with van der Waals surface area (Å²) >= 11 is 0. The van der Waals surface area contributed by atoms with Crippen LogP contribution in [-0.4, -0.2) is 71.3 Å². The van der Waals surface area contributed by atoms with E-state index in [1.165, 1.54) is 6.92 Å². The molecule has 15 heteroatoms. The number of benzene rings is 2. The number of rotatable bonds is 16. The predicted molar refractivity (Wildman–Crippen MR) is 160 cm³/mol. The molecule has 0 saturated carbocycles. The molecule has 0 spiro atoms. The molecule has 2 unspecified atom stereocenters. The largest absolute Gasteiger partial charge is 0.445 e. The van der Waals surface area contributed by atoms with Crippen molar-refractivity contribution in [3.8, 4) is 0 Å². The van der Waals surface area contributed by atoms with Gasteiger partial charge in [-0.15, -0.1) is 0 Å². The van der Waals surface area contributed by atoms with E-state index in [0.29, 0.717) is 5.56 Å². The fourth-order valence-corrected chi connectivity index (χ4v) is 4.27. The molecule has 0 radical (unpaired) electrons. The van der Waals surface area contributed by atoms with Gasteiger partial charge < -0.3 is 36.8 Å². The van der Waals surface area contributed by atoms with E-state index in [9.17, 15) is 42.3 Å². The first-order valence-electron chi connectivity index (χ1n) is 14.5. The first kappa shape index (κ1) is 37.5. The highest BCUT2D eigenvalue weighted by atomic mass is 19.4. The zero-order valence-corrected chi connectivity index (χ0v) is 25.7. The normalized spacial score (nSPS) is 14.6. The Balaban J connectivity index is 2.15. The lowest BCUT2D eigenvalue weighted by atomic mass is 10.0. The van der Waals surface area contributed by atoms with Gasteiger partial charge >= 0.3 is 12.3 Å². The molecule has 5 amide bonds. The van der Waals surface area contributed by atoms with Crippen LogP contribution in [0, 0.1) is 5.92 Å². The minimum absolute atomic E-state index is 0.0377. The Labute approximate surface area is 264 Å². The summed E-state index contributed by atoms with van der Waals surface area (Å²) in [6.45, 7) is 4.50. The van der Waals surface area contributed by atoms with Crippen molar-refractivity contribution in [3.63, 3.8) is 0 Å². The molecule has 0 saturated heterocycles. The number of halogens is 3. The highest BCUT2D eigenvalue weighted by Gasteiger charge is 2.44. The third-order valence-electron chi connectivity index (χ3n) is 6.85. The van der Waals surface area contributed by atoms with Gasteiger partial charge in [0.1, 0.15) is 24.7 Å². The molecule has 46 heavy (non-hydrogen) atoms. The van der Waals surface area contributed by atoms with Crippen LogP contribution in [0.4, 0.5) is 18.0 Å². The molecule has 2 rings (SSSR count). The number of carbonyl (C=O) groups is 5. The number of ether oxygens (including phenoxy) is 1. The van der Waals surface area contributed by atoms with Gasteiger partial charge in [0.2, 0.25) is 23.6 Å². The van der Waals surface area contributed by atoms with Crippen molar-refractivity contribution in [2.75, 3.05) is 0 Å². The second-order valence-electron chi connectivity index (χ2n) is 11.0. The fourth-order valence-electron chi connectivity index (χ4n) is 4.27. The molecule has 0 heterocycles. The second kappa shape index (κ2) is 17.7. The molecule has 0 aromatic heterocycles. The monoisotopic (exact) mass is 651 g/mol. The topological polar surface area (TPSA) is 189 Å². The Morgan fingerprint density at radius 2 is 1.37 bits per heavy atom. The van der Waals surface area contributed by atoms with Crippen LogP contribution in [0.15, 0.2) is 60.7 Å². The SMILES string of the molecule is CC(C)[C@H](NC(=O)OCc1ccccc1)C(=O)N[C@@H](Cc1ccccc1)C(=O)N[C@@H](C)C(=O)NC(CCC(N)=O)C(O)C(F)(F)F. The summed E-state index contributed by atoms with van der Waals surface area (Å²) in [5.74, 6) is -4.03. The summed E-state index contributed by atoms with van der Waals surface area (Å²) in [6, 6.07) is 11.7. The van der Waals surface area contributed by atoms with Crippen LogP contribution in [0.5, 0.6) is 0 Å². The molecule has 0 aliphatic carbocycles. The molecule has 0 aliphatic rings. The number of primary amides is 1. The molecule has 2 aromatic rings. The van der Waals surface area contributed by atoms with E-state index in [2.05, 4.69) is 16.0 Å². The molecule has 0 fully saturated rings. The van der Waals surface area contributed by atoms with Gasteiger partial charge in [0, 0.05) is 12.8 Å². The van der Waals surface area contributed by atoms with Crippen LogP contribution >= 0.6 is 0 Å². The third kappa shape index (κ3) is 12.8. The van der Waals surface area contributed by atoms with E-state index in [1.807, 2.05) is 5.32 Å². The standard InChI is InChI=1S/C31H40F3N5O7/c1-18(2)25(39-30(45)46-17-21-12-8-5-9-13-21)29(44)38-23(16-20-10-6-4-7-11-20)28(43)36-19(3)27(42)37-22(14-15-24(35)40)26(41)31(32,33)34/h4-13,18-19,22-23,25-26,41H,14-17H2,1-3H3,(H2,35,40)(H,36,43)(H,37,42)(H,38,44)(H,39,45)/t19-,22?,23-,25-,26?/m0/s1. The van der Waals surface area contributed by atoms with E-state index in [0.717, 1.165) is 5.56 Å². The average Bonchev–Trinajstić information content (AvgIpc) is 3.00. The molecule has 0 aliphatic heterocycles. The van der Waals surface area contributed by atoms with Crippen LogP contribution in [-0.2, 0) is 36.9 Å². The van der Waals surface area contributed by atoms with Crippen molar-refractivity contribution < 1.29 is 47.0 Å². The molecule has 252 valence electrons. The lowest BCUT2D eigenvalue weighted by molar-refractivity contribution is -0.212. The Morgan fingerprint density at radius 3 is 1.89 bits per heavy atom. The molecule has 5 atom stereocenters. The minimum atomic E-state index is -5.11. The van der Waals surface area contributed by atoms with Crippen LogP contribution in [0.3, 0.4) is 0 Å². The minimum Gasteiger partial charge on any atom is -0.445 e. The predicted octanol–water partition coefficient (Wildman–Crippen LogP) is 1.84. The van der Waals surface area contributed by atoms with E-state index < -0.39 is 84.9 Å². The Kier molecular flexibility index (Phi) is 14.5. The van der Waals surface area contributed by atoms with Crippen LogP contribution < -0.4 is 27.0 Å². The van der Waals surface area contributed by atoms with Crippen LogP contribution in [0.1, 0.15) is 44.7 Å². The number of alkyl halides is 3. The zero-order chi connectivity index (χ0) is 34.4. The van der Waals surface area contributed by atoms with Gasteiger partial charge in [0.05, 0.1) is 6.04 Å². The number of hydrogen-bond donors (Lipinski definition) is 6. The Hall–Kier alpha value is -4.66. The Bertz CT molecular complexity index is 1310. The number of nitrogens with two attached hydrogens (primary N) is 1. The average molecular weight is 652 g/mol. The number of amides is 5. The molecular weight excluding hydrogens is 611 g/mol. The van der Waals surface area contributed by atoms with Gasteiger partial charge in [-0.3, -0.25) is 19.2 Å². The highest BCUT2D eigenvalue weighted by molar-refractivity contribution is 5.94. The van der Waals surface area contributed by atoms with E-state index in [-0.39, 0.29) is 13.0 Å². The molecular formula is C31H40F3N5O7. The van der Waals surface area contributed by atoms with Crippen LogP contribution in [0.25, 0.3) is 0 Å². The van der Waals surface area contributed by atoms with Crippen molar-refractivity contribution >= 4 is 29.7 Å². The first-order chi connectivity index (χ1) is 21.6. The third-order valence-corrected chi connectivity index (χ3v) is 6.85. The fraction of sp³-hybridized carbons (Fsp3) is 0.452. The summed E-state index contributed by atoms with van der Waals surface area (Å²) in [7, 11) is 0. The number of carbonyl (C=O) groups excluding carboxylic acids is 5. The molecule has 0 bridgehead atoms. The Morgan fingerprint density at radius 1 is 0.804 bits per heavy atom.